The van der Waals surface area contributed by atoms with E-state index in [-0.39, 0.29) is 29.8 Å². The molecule has 0 spiro atoms. The Morgan fingerprint density at radius 2 is 2.00 bits per heavy atom. The summed E-state index contributed by atoms with van der Waals surface area (Å²) >= 11 is 0. The predicted octanol–water partition coefficient (Wildman–Crippen LogP) is 3.52. The first-order chi connectivity index (χ1) is 13.7. The molecule has 152 valence electrons. The maximum atomic E-state index is 13.3. The number of hydrogen-bond acceptors (Lipinski definition) is 2. The number of fused-ring (bicyclic) bond motifs is 2. The van der Waals surface area contributed by atoms with Gasteiger partial charge in [0.15, 0.2) is 5.96 Å². The van der Waals surface area contributed by atoms with Gasteiger partial charge in [-0.05, 0) is 42.3 Å². The van der Waals surface area contributed by atoms with Crippen molar-refractivity contribution in [2.24, 2.45) is 4.99 Å². The summed E-state index contributed by atoms with van der Waals surface area (Å²) in [5.41, 5.74) is 3.98. The lowest BCUT2D eigenvalue weighted by molar-refractivity contribution is 0.629. The summed E-state index contributed by atoms with van der Waals surface area (Å²) in [5, 5.41) is 7.69. The van der Waals surface area contributed by atoms with Crippen molar-refractivity contribution < 1.29 is 4.39 Å². The van der Waals surface area contributed by atoms with E-state index < -0.39 is 0 Å². The van der Waals surface area contributed by atoms with Crippen molar-refractivity contribution in [2.45, 2.75) is 12.8 Å². The van der Waals surface area contributed by atoms with Crippen molar-refractivity contribution in [1.82, 2.24) is 25.0 Å². The number of nitrogens with one attached hydrogen (secondary N) is 3. The van der Waals surface area contributed by atoms with Crippen LogP contribution in [0, 0.1) is 5.82 Å². The van der Waals surface area contributed by atoms with Crippen LogP contribution in [0.2, 0.25) is 0 Å². The second-order valence-electron chi connectivity index (χ2n) is 6.63. The van der Waals surface area contributed by atoms with Crippen LogP contribution in [0.4, 0.5) is 4.39 Å². The van der Waals surface area contributed by atoms with Crippen LogP contribution in [0.25, 0.3) is 16.6 Å². The van der Waals surface area contributed by atoms with Crippen LogP contribution in [0.1, 0.15) is 11.3 Å². The van der Waals surface area contributed by atoms with Crippen LogP contribution >= 0.6 is 24.0 Å². The fraction of sp³-hybridized carbons (Fsp3) is 0.238. The molecular weight excluding hydrogens is 482 g/mol. The van der Waals surface area contributed by atoms with E-state index in [0.29, 0.717) is 0 Å². The molecule has 0 aliphatic carbocycles. The van der Waals surface area contributed by atoms with Gasteiger partial charge in [0.25, 0.3) is 0 Å². The van der Waals surface area contributed by atoms with Crippen LogP contribution in [0.3, 0.4) is 0 Å². The fourth-order valence-corrected chi connectivity index (χ4v) is 3.32. The number of H-pyrrole nitrogens is 1. The van der Waals surface area contributed by atoms with Gasteiger partial charge >= 0.3 is 0 Å². The smallest absolute Gasteiger partial charge is 0.190 e. The van der Waals surface area contributed by atoms with E-state index in [4.69, 9.17) is 0 Å². The van der Waals surface area contributed by atoms with Crippen molar-refractivity contribution in [3.05, 3.63) is 72.1 Å². The monoisotopic (exact) mass is 506 g/mol. The highest BCUT2D eigenvalue weighted by molar-refractivity contribution is 14.0. The van der Waals surface area contributed by atoms with Gasteiger partial charge in [0.1, 0.15) is 11.5 Å². The van der Waals surface area contributed by atoms with E-state index in [0.717, 1.165) is 59.7 Å². The van der Waals surface area contributed by atoms with Gasteiger partial charge in [-0.3, -0.25) is 4.99 Å². The number of pyridine rings is 1. The Hall–Kier alpha value is -2.62. The average Bonchev–Trinajstić information content (AvgIpc) is 3.30. The minimum atomic E-state index is -0.228. The normalized spacial score (nSPS) is 11.6. The quantitative estimate of drug-likeness (QED) is 0.213. The summed E-state index contributed by atoms with van der Waals surface area (Å²) < 4.78 is 15.3. The molecule has 6 nitrogen and oxygen atoms in total. The van der Waals surface area contributed by atoms with Gasteiger partial charge in [0, 0.05) is 56.1 Å². The van der Waals surface area contributed by atoms with E-state index in [1.165, 1.54) is 12.1 Å². The molecule has 3 heterocycles. The Balaban J connectivity index is 0.00000240. The molecule has 0 amide bonds. The van der Waals surface area contributed by atoms with E-state index in [2.05, 4.69) is 25.6 Å². The largest absolute Gasteiger partial charge is 0.361 e. The number of benzene rings is 1. The number of aliphatic imine (C=N–C) groups is 1. The number of guanidine groups is 1. The van der Waals surface area contributed by atoms with Crippen LogP contribution in [-0.2, 0) is 12.8 Å². The number of imidazole rings is 1. The molecule has 8 heteroatoms. The van der Waals surface area contributed by atoms with Crippen molar-refractivity contribution in [2.75, 3.05) is 20.1 Å². The molecule has 3 N–H and O–H groups in total. The van der Waals surface area contributed by atoms with Crippen molar-refractivity contribution in [3.8, 4) is 0 Å². The standard InChI is InChI=1S/C21H23FN6.HI/c1-23-21(25-10-8-17-14-28-11-3-2-4-20(28)27-17)24-9-7-15-13-26-19-12-16(22)5-6-18(15)19;/h2-6,11-14,26H,7-10H2,1H3,(H2,23,24,25);1H. The van der Waals surface area contributed by atoms with Crippen molar-refractivity contribution in [3.63, 3.8) is 0 Å². The molecule has 0 radical (unpaired) electrons. The van der Waals surface area contributed by atoms with Crippen LogP contribution < -0.4 is 10.6 Å². The number of hydrogen-bond donors (Lipinski definition) is 3. The van der Waals surface area contributed by atoms with E-state index in [1.54, 1.807) is 7.05 Å². The Morgan fingerprint density at radius 3 is 2.79 bits per heavy atom. The molecule has 4 aromatic rings. The molecule has 1 aromatic carbocycles. The second-order valence-corrected chi connectivity index (χ2v) is 6.63. The number of rotatable bonds is 6. The van der Waals surface area contributed by atoms with Crippen LogP contribution in [0.15, 0.2) is 60.0 Å². The predicted molar refractivity (Wildman–Crippen MR) is 126 cm³/mol. The molecule has 0 atom stereocenters. The zero-order chi connectivity index (χ0) is 19.3. The minimum Gasteiger partial charge on any atom is -0.361 e. The zero-order valence-electron chi connectivity index (χ0n) is 16.2. The van der Waals surface area contributed by atoms with Gasteiger partial charge in [-0.2, -0.15) is 0 Å². The first-order valence-electron chi connectivity index (χ1n) is 9.35. The molecule has 3 aromatic heterocycles. The molecular formula is C21H24FIN6. The van der Waals surface area contributed by atoms with Gasteiger partial charge in [-0.25, -0.2) is 9.37 Å². The maximum absolute atomic E-state index is 13.3. The highest BCUT2D eigenvalue weighted by Gasteiger charge is 2.06. The topological polar surface area (TPSA) is 69.5 Å². The molecule has 0 aliphatic rings. The maximum Gasteiger partial charge on any atom is 0.190 e. The lowest BCUT2D eigenvalue weighted by Crippen LogP contribution is -2.39. The van der Waals surface area contributed by atoms with Crippen LogP contribution in [-0.4, -0.2) is 40.5 Å². The average molecular weight is 506 g/mol. The molecule has 0 aliphatic heterocycles. The third-order valence-corrected chi connectivity index (χ3v) is 4.73. The zero-order valence-corrected chi connectivity index (χ0v) is 18.5. The van der Waals surface area contributed by atoms with E-state index in [9.17, 15) is 4.39 Å². The summed E-state index contributed by atoms with van der Waals surface area (Å²) in [6.45, 7) is 1.48. The first-order valence-corrected chi connectivity index (χ1v) is 9.35. The van der Waals surface area contributed by atoms with Gasteiger partial charge in [0.05, 0.1) is 5.69 Å². The Kier molecular flexibility index (Phi) is 7.08. The minimum absolute atomic E-state index is 0. The van der Waals surface area contributed by atoms with Gasteiger partial charge < -0.3 is 20.0 Å². The second kappa shape index (κ2) is 9.73. The molecule has 0 fully saturated rings. The SMILES string of the molecule is CN=C(NCCc1cn2ccccc2n1)NCCc1c[nH]c2cc(F)ccc12.I. The van der Waals surface area contributed by atoms with E-state index >= 15 is 0 Å². The van der Waals surface area contributed by atoms with Crippen LogP contribution in [0.5, 0.6) is 0 Å². The molecule has 0 bridgehead atoms. The summed E-state index contributed by atoms with van der Waals surface area (Å²) in [7, 11) is 1.76. The number of aromatic nitrogens is 3. The number of aromatic amines is 1. The molecule has 29 heavy (non-hydrogen) atoms. The van der Waals surface area contributed by atoms with Crippen molar-refractivity contribution >= 4 is 46.5 Å². The first kappa shape index (κ1) is 21.1. The van der Waals surface area contributed by atoms with Crippen molar-refractivity contribution in [1.29, 1.82) is 0 Å². The summed E-state index contributed by atoms with van der Waals surface area (Å²) in [4.78, 5) is 12.0. The van der Waals surface area contributed by atoms with Gasteiger partial charge in [0.2, 0.25) is 0 Å². The summed E-state index contributed by atoms with van der Waals surface area (Å²) in [6.07, 6.45) is 7.62. The Morgan fingerprint density at radius 1 is 1.17 bits per heavy atom. The highest BCUT2D eigenvalue weighted by atomic mass is 127. The Bertz CT molecular complexity index is 1080. The fourth-order valence-electron chi connectivity index (χ4n) is 3.32. The number of halogens is 2. The Labute approximate surface area is 185 Å². The lowest BCUT2D eigenvalue weighted by atomic mass is 10.1. The molecule has 0 saturated heterocycles. The third kappa shape index (κ3) is 5.06. The third-order valence-electron chi connectivity index (χ3n) is 4.73. The number of nitrogens with zero attached hydrogens (tertiary/aromatic N) is 3. The lowest BCUT2D eigenvalue weighted by Gasteiger charge is -2.11. The van der Waals surface area contributed by atoms with E-state index in [1.807, 2.05) is 47.3 Å². The summed E-state index contributed by atoms with van der Waals surface area (Å²) in [5.74, 6) is 0.531. The van der Waals surface area contributed by atoms with Gasteiger partial charge in [-0.15, -0.1) is 24.0 Å². The highest BCUT2D eigenvalue weighted by Crippen LogP contribution is 2.19. The van der Waals surface area contributed by atoms with Gasteiger partial charge in [-0.1, -0.05) is 6.07 Å². The molecule has 4 rings (SSSR count). The molecule has 0 unspecified atom stereocenters. The molecule has 0 saturated carbocycles. The summed E-state index contributed by atoms with van der Waals surface area (Å²) in [6, 6.07) is 10.8.